The summed E-state index contributed by atoms with van der Waals surface area (Å²) < 4.78 is 39.8. The van der Waals surface area contributed by atoms with Gasteiger partial charge in [0.1, 0.15) is 5.75 Å². The smallest absolute Gasteiger partial charge is 0.406 e. The molecule has 7 heteroatoms. The highest BCUT2D eigenvalue weighted by Gasteiger charge is 2.32. The minimum Gasteiger partial charge on any atom is -0.406 e. The summed E-state index contributed by atoms with van der Waals surface area (Å²) in [7, 11) is 0. The van der Waals surface area contributed by atoms with Gasteiger partial charge < -0.3 is 15.6 Å². The zero-order valence-corrected chi connectivity index (χ0v) is 12.3. The first-order valence-electron chi connectivity index (χ1n) is 5.80. The maximum atomic E-state index is 12.0. The summed E-state index contributed by atoms with van der Waals surface area (Å²) in [5.74, 6) is -0.311. The molecule has 2 atom stereocenters. The number of aliphatic hydroxyl groups excluding tert-OH is 1. The molecule has 0 amide bonds. The van der Waals surface area contributed by atoms with Crippen LogP contribution < -0.4 is 10.5 Å². The van der Waals surface area contributed by atoms with Crippen molar-refractivity contribution in [3.05, 3.63) is 29.8 Å². The Labute approximate surface area is 122 Å². The van der Waals surface area contributed by atoms with E-state index in [1.165, 1.54) is 24.3 Å². The van der Waals surface area contributed by atoms with Crippen molar-refractivity contribution in [3.8, 4) is 5.75 Å². The van der Waals surface area contributed by atoms with Crippen LogP contribution in [0.25, 0.3) is 0 Å². The van der Waals surface area contributed by atoms with Crippen molar-refractivity contribution in [2.75, 3.05) is 0 Å². The van der Waals surface area contributed by atoms with E-state index in [0.717, 1.165) is 0 Å². The van der Waals surface area contributed by atoms with E-state index in [1.807, 2.05) is 20.8 Å². The quantitative estimate of drug-likeness (QED) is 0.899. The first kappa shape index (κ1) is 19.0. The average Bonchev–Trinajstić information content (AvgIpc) is 2.24. The van der Waals surface area contributed by atoms with Crippen LogP contribution in [0.4, 0.5) is 13.2 Å². The van der Waals surface area contributed by atoms with Gasteiger partial charge in [0.05, 0.1) is 12.1 Å². The van der Waals surface area contributed by atoms with Crippen LogP contribution in [0.5, 0.6) is 5.75 Å². The van der Waals surface area contributed by atoms with E-state index in [4.69, 9.17) is 5.73 Å². The molecule has 0 heterocycles. The molecule has 1 aromatic rings. The molecule has 0 bridgehead atoms. The zero-order valence-electron chi connectivity index (χ0n) is 11.4. The van der Waals surface area contributed by atoms with Gasteiger partial charge in [-0.2, -0.15) is 0 Å². The van der Waals surface area contributed by atoms with E-state index in [1.54, 1.807) is 0 Å². The molecule has 0 saturated carbocycles. The fourth-order valence-corrected chi connectivity index (χ4v) is 1.61. The van der Waals surface area contributed by atoms with E-state index in [0.29, 0.717) is 5.56 Å². The summed E-state index contributed by atoms with van der Waals surface area (Å²) in [5.41, 5.74) is 6.03. The average molecular weight is 314 g/mol. The number of hydrogen-bond acceptors (Lipinski definition) is 3. The lowest BCUT2D eigenvalue weighted by Gasteiger charge is -2.31. The molecule has 0 saturated heterocycles. The van der Waals surface area contributed by atoms with Gasteiger partial charge in [0.25, 0.3) is 0 Å². The fourth-order valence-electron chi connectivity index (χ4n) is 1.61. The summed E-state index contributed by atoms with van der Waals surface area (Å²) in [4.78, 5) is 0. The van der Waals surface area contributed by atoms with Crippen LogP contribution >= 0.6 is 12.4 Å². The summed E-state index contributed by atoms with van der Waals surface area (Å²) >= 11 is 0. The number of nitrogens with two attached hydrogens (primary N) is 1. The molecule has 0 radical (unpaired) electrons. The fraction of sp³-hybridized carbons (Fsp3) is 0.538. The van der Waals surface area contributed by atoms with Crippen molar-refractivity contribution in [2.24, 2.45) is 11.1 Å². The van der Waals surface area contributed by atoms with Crippen molar-refractivity contribution in [1.29, 1.82) is 0 Å². The van der Waals surface area contributed by atoms with Crippen LogP contribution in [-0.2, 0) is 0 Å². The van der Waals surface area contributed by atoms with E-state index in [9.17, 15) is 18.3 Å². The second-order valence-electron chi connectivity index (χ2n) is 5.45. The Morgan fingerprint density at radius 3 is 1.90 bits per heavy atom. The molecule has 0 fully saturated rings. The molecule has 20 heavy (non-hydrogen) atoms. The second kappa shape index (κ2) is 6.65. The minimum atomic E-state index is -4.71. The third-order valence-corrected chi connectivity index (χ3v) is 2.73. The lowest BCUT2D eigenvalue weighted by molar-refractivity contribution is -0.274. The van der Waals surface area contributed by atoms with Gasteiger partial charge in [0.15, 0.2) is 0 Å². The summed E-state index contributed by atoms with van der Waals surface area (Å²) in [6, 6.07) is 4.53. The summed E-state index contributed by atoms with van der Waals surface area (Å²) in [6.45, 7) is 5.50. The Morgan fingerprint density at radius 1 is 1.10 bits per heavy atom. The number of benzene rings is 1. The Bertz CT molecular complexity index is 415. The first-order valence-corrected chi connectivity index (χ1v) is 5.80. The molecule has 3 N–H and O–H groups in total. The van der Waals surface area contributed by atoms with Crippen molar-refractivity contribution in [3.63, 3.8) is 0 Å². The third-order valence-electron chi connectivity index (χ3n) is 2.73. The minimum absolute atomic E-state index is 0. The monoisotopic (exact) mass is 313 g/mol. The Kier molecular flexibility index (Phi) is 6.32. The van der Waals surface area contributed by atoms with Gasteiger partial charge in [-0.3, -0.25) is 0 Å². The van der Waals surface area contributed by atoms with Gasteiger partial charge in [-0.1, -0.05) is 32.9 Å². The highest BCUT2D eigenvalue weighted by Crippen LogP contribution is 2.30. The molecule has 1 rings (SSSR count). The highest BCUT2D eigenvalue weighted by atomic mass is 35.5. The lowest BCUT2D eigenvalue weighted by atomic mass is 9.82. The van der Waals surface area contributed by atoms with Crippen LogP contribution in [-0.4, -0.2) is 17.6 Å². The largest absolute Gasteiger partial charge is 0.573 e. The molecule has 0 aliphatic heterocycles. The van der Waals surface area contributed by atoms with Gasteiger partial charge in [-0.15, -0.1) is 25.6 Å². The number of ether oxygens (including phenoxy) is 1. The van der Waals surface area contributed by atoms with Crippen molar-refractivity contribution in [1.82, 2.24) is 0 Å². The Hall–Kier alpha value is -0.980. The lowest BCUT2D eigenvalue weighted by Crippen LogP contribution is -2.36. The molecule has 3 nitrogen and oxygen atoms in total. The number of halogens is 4. The second-order valence-corrected chi connectivity index (χ2v) is 5.45. The predicted molar refractivity (Wildman–Crippen MR) is 72.8 cm³/mol. The summed E-state index contributed by atoms with van der Waals surface area (Å²) in [6.07, 6.45) is -5.52. The van der Waals surface area contributed by atoms with Crippen molar-refractivity contribution >= 4 is 12.4 Å². The molecule has 0 aliphatic carbocycles. The topological polar surface area (TPSA) is 55.5 Å². The molecule has 0 aliphatic rings. The number of hydrogen-bond donors (Lipinski definition) is 2. The SMILES string of the molecule is CC(C)(C)[C@@H](O)[C@@H](N)c1ccc(OC(F)(F)F)cc1.Cl. The third kappa shape index (κ3) is 5.56. The van der Waals surface area contributed by atoms with Gasteiger partial charge >= 0.3 is 6.36 Å². The molecule has 1 aromatic carbocycles. The number of aliphatic hydroxyl groups is 1. The van der Waals surface area contributed by atoms with E-state index < -0.39 is 23.9 Å². The van der Waals surface area contributed by atoms with Gasteiger partial charge in [-0.25, -0.2) is 0 Å². The maximum Gasteiger partial charge on any atom is 0.573 e. The van der Waals surface area contributed by atoms with E-state index in [2.05, 4.69) is 4.74 Å². The van der Waals surface area contributed by atoms with Crippen LogP contribution in [0.2, 0.25) is 0 Å². The van der Waals surface area contributed by atoms with Crippen LogP contribution in [0, 0.1) is 5.41 Å². The molecular weight excluding hydrogens is 295 g/mol. The molecule has 0 unspecified atom stereocenters. The van der Waals surface area contributed by atoms with Crippen molar-refractivity contribution < 1.29 is 23.0 Å². The molecule has 116 valence electrons. The zero-order chi connectivity index (χ0) is 14.8. The van der Waals surface area contributed by atoms with Gasteiger partial charge in [0, 0.05) is 0 Å². The van der Waals surface area contributed by atoms with Gasteiger partial charge in [-0.05, 0) is 23.1 Å². The van der Waals surface area contributed by atoms with E-state index in [-0.39, 0.29) is 18.2 Å². The maximum absolute atomic E-state index is 12.0. The van der Waals surface area contributed by atoms with Crippen LogP contribution in [0.15, 0.2) is 24.3 Å². The molecule has 0 aromatic heterocycles. The summed E-state index contributed by atoms with van der Waals surface area (Å²) in [5, 5.41) is 10.0. The standard InChI is InChI=1S/C13H18F3NO2.ClH/c1-12(2,3)11(18)10(17)8-4-6-9(7-5-8)19-13(14,15)16;/h4-7,10-11,18H,17H2,1-3H3;1H/t10-,11-;/m0./s1. The molecule has 0 spiro atoms. The van der Waals surface area contributed by atoms with Gasteiger partial charge in [0.2, 0.25) is 0 Å². The first-order chi connectivity index (χ1) is 8.50. The van der Waals surface area contributed by atoms with Crippen LogP contribution in [0.3, 0.4) is 0 Å². The number of alkyl halides is 3. The highest BCUT2D eigenvalue weighted by molar-refractivity contribution is 5.85. The van der Waals surface area contributed by atoms with E-state index >= 15 is 0 Å². The number of rotatable bonds is 3. The van der Waals surface area contributed by atoms with Crippen molar-refractivity contribution in [2.45, 2.75) is 39.3 Å². The predicted octanol–water partition coefficient (Wildman–Crippen LogP) is 3.41. The molecular formula is C13H19ClF3NO2. The van der Waals surface area contributed by atoms with Crippen LogP contribution in [0.1, 0.15) is 32.4 Å². The Balaban J connectivity index is 0.00000361. The normalized spacial score (nSPS) is 15.2. The Morgan fingerprint density at radius 2 is 1.55 bits per heavy atom.